The molecule has 96 valence electrons. The van der Waals surface area contributed by atoms with E-state index >= 15 is 0 Å². The third-order valence-corrected chi connectivity index (χ3v) is 3.54. The van der Waals surface area contributed by atoms with Crippen molar-refractivity contribution in [2.75, 3.05) is 10.5 Å². The SMILES string of the molecule is Cc1nn(C)cc1NS(=O)(=O)c1cnc(N)nc1. The van der Waals surface area contributed by atoms with Crippen LogP contribution in [-0.2, 0) is 17.1 Å². The van der Waals surface area contributed by atoms with Gasteiger partial charge in [-0.2, -0.15) is 5.10 Å². The first kappa shape index (κ1) is 12.3. The summed E-state index contributed by atoms with van der Waals surface area (Å²) in [5, 5.41) is 4.04. The molecular formula is C9H12N6O2S. The Balaban J connectivity index is 2.33. The maximum absolute atomic E-state index is 12.0. The lowest BCUT2D eigenvalue weighted by Crippen LogP contribution is -2.14. The van der Waals surface area contributed by atoms with Crippen LogP contribution in [0, 0.1) is 6.92 Å². The molecule has 0 aliphatic heterocycles. The fourth-order valence-electron chi connectivity index (χ4n) is 1.37. The fourth-order valence-corrected chi connectivity index (χ4v) is 2.36. The highest BCUT2D eigenvalue weighted by molar-refractivity contribution is 7.92. The van der Waals surface area contributed by atoms with Gasteiger partial charge in [-0.05, 0) is 6.92 Å². The molecule has 9 heteroatoms. The van der Waals surface area contributed by atoms with Crippen LogP contribution in [0.15, 0.2) is 23.5 Å². The minimum absolute atomic E-state index is 0.0199. The molecule has 0 aliphatic carbocycles. The highest BCUT2D eigenvalue weighted by Gasteiger charge is 2.17. The van der Waals surface area contributed by atoms with E-state index < -0.39 is 10.0 Å². The molecule has 0 saturated heterocycles. The Morgan fingerprint density at radius 2 is 1.94 bits per heavy atom. The van der Waals surface area contributed by atoms with E-state index in [4.69, 9.17) is 5.73 Å². The molecule has 0 atom stereocenters. The van der Waals surface area contributed by atoms with Gasteiger partial charge in [0.15, 0.2) is 0 Å². The number of anilines is 2. The number of rotatable bonds is 3. The fraction of sp³-hybridized carbons (Fsp3) is 0.222. The second-order valence-electron chi connectivity index (χ2n) is 3.68. The lowest BCUT2D eigenvalue weighted by molar-refractivity contribution is 0.600. The number of nitrogens with two attached hydrogens (primary N) is 1. The number of nitrogens with one attached hydrogen (secondary N) is 1. The van der Waals surface area contributed by atoms with Crippen LogP contribution in [-0.4, -0.2) is 28.2 Å². The Hall–Kier alpha value is -2.16. The van der Waals surface area contributed by atoms with Crippen molar-refractivity contribution >= 4 is 21.7 Å². The summed E-state index contributed by atoms with van der Waals surface area (Å²) in [7, 11) is -2.02. The molecule has 2 rings (SSSR count). The van der Waals surface area contributed by atoms with Crippen molar-refractivity contribution in [3.63, 3.8) is 0 Å². The Morgan fingerprint density at radius 1 is 1.33 bits per heavy atom. The van der Waals surface area contributed by atoms with Crippen molar-refractivity contribution in [2.24, 2.45) is 7.05 Å². The molecular weight excluding hydrogens is 256 g/mol. The molecule has 0 aliphatic rings. The Labute approximate surface area is 104 Å². The summed E-state index contributed by atoms with van der Waals surface area (Å²) in [4.78, 5) is 7.23. The van der Waals surface area contributed by atoms with Crippen LogP contribution in [0.5, 0.6) is 0 Å². The molecule has 2 heterocycles. The molecule has 8 nitrogen and oxygen atoms in total. The van der Waals surface area contributed by atoms with Crippen LogP contribution in [0.2, 0.25) is 0 Å². The van der Waals surface area contributed by atoms with E-state index in [0.29, 0.717) is 11.4 Å². The van der Waals surface area contributed by atoms with Gasteiger partial charge in [-0.25, -0.2) is 18.4 Å². The zero-order valence-electron chi connectivity index (χ0n) is 9.82. The van der Waals surface area contributed by atoms with Gasteiger partial charge < -0.3 is 5.73 Å². The summed E-state index contributed by atoms with van der Waals surface area (Å²) in [5.74, 6) is 0.0199. The highest BCUT2D eigenvalue weighted by atomic mass is 32.2. The molecule has 3 N–H and O–H groups in total. The smallest absolute Gasteiger partial charge is 0.265 e. The number of sulfonamides is 1. The van der Waals surface area contributed by atoms with Gasteiger partial charge in [-0.1, -0.05) is 0 Å². The summed E-state index contributed by atoms with van der Waals surface area (Å²) in [6.45, 7) is 1.71. The maximum atomic E-state index is 12.0. The maximum Gasteiger partial charge on any atom is 0.265 e. The van der Waals surface area contributed by atoms with Crippen molar-refractivity contribution in [3.8, 4) is 0 Å². The minimum atomic E-state index is -3.72. The molecule has 0 amide bonds. The minimum Gasteiger partial charge on any atom is -0.368 e. The van der Waals surface area contributed by atoms with Gasteiger partial charge in [0.25, 0.3) is 10.0 Å². The van der Waals surface area contributed by atoms with E-state index in [1.807, 2.05) is 0 Å². The molecule has 0 spiro atoms. The topological polar surface area (TPSA) is 116 Å². The Morgan fingerprint density at radius 3 is 2.44 bits per heavy atom. The summed E-state index contributed by atoms with van der Waals surface area (Å²) in [6, 6.07) is 0. The van der Waals surface area contributed by atoms with Crippen LogP contribution in [0.25, 0.3) is 0 Å². The molecule has 0 bridgehead atoms. The van der Waals surface area contributed by atoms with Gasteiger partial charge in [-0.3, -0.25) is 9.40 Å². The van der Waals surface area contributed by atoms with Crippen LogP contribution >= 0.6 is 0 Å². The van der Waals surface area contributed by atoms with E-state index in [2.05, 4.69) is 19.8 Å². The molecule has 18 heavy (non-hydrogen) atoms. The number of hydrogen-bond donors (Lipinski definition) is 2. The van der Waals surface area contributed by atoms with Crippen LogP contribution in [0.1, 0.15) is 5.69 Å². The largest absolute Gasteiger partial charge is 0.368 e. The monoisotopic (exact) mass is 268 g/mol. The third-order valence-electron chi connectivity index (χ3n) is 2.22. The average molecular weight is 268 g/mol. The predicted molar refractivity (Wildman–Crippen MR) is 65.2 cm³/mol. The first-order chi connectivity index (χ1) is 8.38. The Bertz CT molecular complexity index is 661. The molecule has 0 radical (unpaired) electrons. The standard InChI is InChI=1S/C9H12N6O2S/c1-6-8(5-15(2)13-6)14-18(16,17)7-3-11-9(10)12-4-7/h3-5,14H,1-2H3,(H2,10,11,12). The zero-order valence-corrected chi connectivity index (χ0v) is 10.6. The number of hydrogen-bond acceptors (Lipinski definition) is 6. The van der Waals surface area contributed by atoms with E-state index in [-0.39, 0.29) is 10.8 Å². The lowest BCUT2D eigenvalue weighted by atomic mass is 10.4. The van der Waals surface area contributed by atoms with E-state index in [1.165, 1.54) is 4.68 Å². The van der Waals surface area contributed by atoms with Crippen molar-refractivity contribution in [1.82, 2.24) is 19.7 Å². The van der Waals surface area contributed by atoms with Gasteiger partial charge in [0, 0.05) is 13.2 Å². The van der Waals surface area contributed by atoms with Crippen molar-refractivity contribution in [3.05, 3.63) is 24.3 Å². The van der Waals surface area contributed by atoms with Crippen LogP contribution < -0.4 is 10.5 Å². The van der Waals surface area contributed by atoms with Crippen LogP contribution in [0.3, 0.4) is 0 Å². The summed E-state index contributed by atoms with van der Waals surface area (Å²) in [6.07, 6.45) is 3.87. The lowest BCUT2D eigenvalue weighted by Gasteiger charge is -2.05. The number of aryl methyl sites for hydroxylation is 2. The second kappa shape index (κ2) is 4.26. The summed E-state index contributed by atoms with van der Waals surface area (Å²) >= 11 is 0. The molecule has 2 aromatic heterocycles. The second-order valence-corrected chi connectivity index (χ2v) is 5.37. The summed E-state index contributed by atoms with van der Waals surface area (Å²) < 4.78 is 27.9. The van der Waals surface area contributed by atoms with Crippen molar-refractivity contribution in [2.45, 2.75) is 11.8 Å². The first-order valence-electron chi connectivity index (χ1n) is 4.99. The van der Waals surface area contributed by atoms with Gasteiger partial charge in [0.2, 0.25) is 5.95 Å². The molecule has 0 fully saturated rings. The molecule has 0 unspecified atom stereocenters. The molecule has 0 saturated carbocycles. The van der Waals surface area contributed by atoms with E-state index in [9.17, 15) is 8.42 Å². The summed E-state index contributed by atoms with van der Waals surface area (Å²) in [5.41, 5.74) is 6.29. The van der Waals surface area contributed by atoms with Gasteiger partial charge in [0.1, 0.15) is 4.90 Å². The number of nitrogens with zero attached hydrogens (tertiary/aromatic N) is 4. The van der Waals surface area contributed by atoms with Gasteiger partial charge in [0.05, 0.1) is 23.8 Å². The average Bonchev–Trinajstić information content (AvgIpc) is 2.57. The zero-order chi connectivity index (χ0) is 13.3. The van der Waals surface area contributed by atoms with Crippen molar-refractivity contribution in [1.29, 1.82) is 0 Å². The quantitative estimate of drug-likeness (QED) is 0.803. The van der Waals surface area contributed by atoms with E-state index in [1.54, 1.807) is 20.2 Å². The normalized spacial score (nSPS) is 11.4. The number of aromatic nitrogens is 4. The van der Waals surface area contributed by atoms with Gasteiger partial charge in [-0.15, -0.1) is 0 Å². The van der Waals surface area contributed by atoms with E-state index in [0.717, 1.165) is 12.4 Å². The molecule has 0 aromatic carbocycles. The molecule has 2 aromatic rings. The number of nitrogen functional groups attached to an aromatic ring is 1. The van der Waals surface area contributed by atoms with Gasteiger partial charge >= 0.3 is 0 Å². The third kappa shape index (κ3) is 2.40. The predicted octanol–water partition coefficient (Wildman–Crippen LogP) is -0.0985. The van der Waals surface area contributed by atoms with Crippen molar-refractivity contribution < 1.29 is 8.42 Å². The van der Waals surface area contributed by atoms with Crippen LogP contribution in [0.4, 0.5) is 11.6 Å². The Kier molecular flexibility index (Phi) is 2.91. The first-order valence-corrected chi connectivity index (χ1v) is 6.47. The highest BCUT2D eigenvalue weighted by Crippen LogP contribution is 2.17.